The first-order valence-corrected chi connectivity index (χ1v) is 9.30. The van der Waals surface area contributed by atoms with Crippen LogP contribution in [0.4, 0.5) is 13.2 Å². The molecule has 0 spiro atoms. The number of aromatic nitrogens is 3. The summed E-state index contributed by atoms with van der Waals surface area (Å²) in [6.45, 7) is 5.58. The molecule has 0 unspecified atom stereocenters. The van der Waals surface area contributed by atoms with Crippen molar-refractivity contribution < 1.29 is 17.9 Å². The number of pyridine rings is 1. The van der Waals surface area contributed by atoms with E-state index in [1.807, 2.05) is 39.3 Å². The van der Waals surface area contributed by atoms with Crippen LogP contribution in [-0.4, -0.2) is 39.5 Å². The molecular formula is C21H25F3N4O. The Balaban J connectivity index is 1.70. The predicted molar refractivity (Wildman–Crippen MR) is 106 cm³/mol. The largest absolute Gasteiger partial charge is 0.484 e. The van der Waals surface area contributed by atoms with Gasteiger partial charge in [0.1, 0.15) is 5.75 Å². The number of hydrogen-bond donors (Lipinski definition) is 0. The average molecular weight is 406 g/mol. The number of alkyl halides is 3. The van der Waals surface area contributed by atoms with Gasteiger partial charge in [0, 0.05) is 31.7 Å². The van der Waals surface area contributed by atoms with Gasteiger partial charge < -0.3 is 4.74 Å². The van der Waals surface area contributed by atoms with Crippen LogP contribution in [0.5, 0.6) is 5.75 Å². The average Bonchev–Trinajstić information content (AvgIpc) is 2.87. The van der Waals surface area contributed by atoms with E-state index in [1.165, 1.54) is 0 Å². The summed E-state index contributed by atoms with van der Waals surface area (Å²) in [5, 5.41) is 5.43. The van der Waals surface area contributed by atoms with Crippen LogP contribution < -0.4 is 4.74 Å². The van der Waals surface area contributed by atoms with Gasteiger partial charge in [-0.3, -0.25) is 9.58 Å². The molecule has 0 N–H and O–H groups in total. The molecule has 5 nitrogen and oxygen atoms in total. The summed E-state index contributed by atoms with van der Waals surface area (Å²) in [6, 6.07) is 5.86. The topological polar surface area (TPSA) is 43.2 Å². The summed E-state index contributed by atoms with van der Waals surface area (Å²) >= 11 is 0. The fraction of sp³-hybridized carbons (Fsp3) is 0.429. The Kier molecular flexibility index (Phi) is 5.84. The Morgan fingerprint density at radius 1 is 1.03 bits per heavy atom. The summed E-state index contributed by atoms with van der Waals surface area (Å²) in [7, 11) is 3.87. The van der Waals surface area contributed by atoms with Crippen molar-refractivity contribution in [1.29, 1.82) is 0 Å². The molecule has 0 saturated heterocycles. The molecule has 0 radical (unpaired) electrons. The van der Waals surface area contributed by atoms with E-state index in [0.717, 1.165) is 27.9 Å². The summed E-state index contributed by atoms with van der Waals surface area (Å²) in [4.78, 5) is 6.64. The van der Waals surface area contributed by atoms with E-state index >= 15 is 0 Å². The maximum Gasteiger partial charge on any atom is 0.422 e. The van der Waals surface area contributed by atoms with Gasteiger partial charge in [-0.2, -0.15) is 18.3 Å². The van der Waals surface area contributed by atoms with Gasteiger partial charge in [0.2, 0.25) is 0 Å². The highest BCUT2D eigenvalue weighted by Crippen LogP contribution is 2.28. The van der Waals surface area contributed by atoms with Crippen molar-refractivity contribution in [2.45, 2.75) is 40.0 Å². The molecular weight excluding hydrogens is 381 g/mol. The normalized spacial score (nSPS) is 12.2. The first kappa shape index (κ1) is 21.1. The molecule has 0 aliphatic rings. The quantitative estimate of drug-likeness (QED) is 0.606. The maximum absolute atomic E-state index is 12.4. The molecule has 0 atom stereocenters. The SMILES string of the molecule is Cc1cc(CN(C)Cc2cnc3c(c2)c(C)nn3C)cc(C)c1OCC(F)(F)F. The van der Waals surface area contributed by atoms with E-state index in [-0.39, 0.29) is 0 Å². The Bertz CT molecular complexity index is 1000. The van der Waals surface area contributed by atoms with Crippen LogP contribution in [0, 0.1) is 20.8 Å². The van der Waals surface area contributed by atoms with Crippen LogP contribution in [0.2, 0.25) is 0 Å². The molecule has 1 aromatic carbocycles. The van der Waals surface area contributed by atoms with Crippen LogP contribution in [0.25, 0.3) is 11.0 Å². The van der Waals surface area contributed by atoms with E-state index < -0.39 is 12.8 Å². The molecule has 2 aromatic heterocycles. The van der Waals surface area contributed by atoms with Crippen LogP contribution >= 0.6 is 0 Å². The van der Waals surface area contributed by atoms with Gasteiger partial charge in [0.25, 0.3) is 0 Å². The third-order valence-electron chi connectivity index (χ3n) is 4.72. The van der Waals surface area contributed by atoms with Crippen molar-refractivity contribution in [3.05, 3.63) is 52.3 Å². The third kappa shape index (κ3) is 5.06. The number of rotatable bonds is 6. The number of halogens is 3. The fourth-order valence-corrected chi connectivity index (χ4v) is 3.63. The monoisotopic (exact) mass is 406 g/mol. The van der Waals surface area contributed by atoms with Crippen LogP contribution in [-0.2, 0) is 20.1 Å². The summed E-state index contributed by atoms with van der Waals surface area (Å²) < 4.78 is 44.1. The second-order valence-corrected chi connectivity index (χ2v) is 7.56. The number of benzene rings is 1. The van der Waals surface area contributed by atoms with Crippen molar-refractivity contribution in [2.24, 2.45) is 7.05 Å². The molecule has 0 aliphatic heterocycles. The lowest BCUT2D eigenvalue weighted by Gasteiger charge is -2.19. The molecule has 0 aliphatic carbocycles. The Morgan fingerprint density at radius 2 is 1.66 bits per heavy atom. The maximum atomic E-state index is 12.4. The first-order chi connectivity index (χ1) is 13.5. The van der Waals surface area contributed by atoms with E-state index in [2.05, 4.69) is 21.0 Å². The Labute approximate surface area is 168 Å². The van der Waals surface area contributed by atoms with E-state index in [0.29, 0.717) is 30.0 Å². The molecule has 0 amide bonds. The Morgan fingerprint density at radius 3 is 2.28 bits per heavy atom. The molecule has 29 heavy (non-hydrogen) atoms. The molecule has 156 valence electrons. The molecule has 0 fully saturated rings. The van der Waals surface area contributed by atoms with Crippen molar-refractivity contribution in [1.82, 2.24) is 19.7 Å². The van der Waals surface area contributed by atoms with Crippen LogP contribution in [0.3, 0.4) is 0 Å². The minimum Gasteiger partial charge on any atom is -0.484 e. The minimum atomic E-state index is -4.35. The van der Waals surface area contributed by atoms with Gasteiger partial charge in [0.15, 0.2) is 12.3 Å². The smallest absolute Gasteiger partial charge is 0.422 e. The minimum absolute atomic E-state index is 0.301. The molecule has 8 heteroatoms. The number of ether oxygens (including phenoxy) is 1. The lowest BCUT2D eigenvalue weighted by atomic mass is 10.0. The number of aryl methyl sites for hydroxylation is 4. The van der Waals surface area contributed by atoms with Crippen molar-refractivity contribution in [3.63, 3.8) is 0 Å². The van der Waals surface area contributed by atoms with Crippen molar-refractivity contribution in [3.8, 4) is 5.75 Å². The van der Waals surface area contributed by atoms with Gasteiger partial charge in [-0.25, -0.2) is 4.98 Å². The van der Waals surface area contributed by atoms with Crippen molar-refractivity contribution >= 4 is 11.0 Å². The summed E-state index contributed by atoms with van der Waals surface area (Å²) in [6.07, 6.45) is -2.50. The van der Waals surface area contributed by atoms with Gasteiger partial charge in [-0.05, 0) is 56.1 Å². The Hall–Kier alpha value is -2.61. The van der Waals surface area contributed by atoms with Gasteiger partial charge in [-0.1, -0.05) is 12.1 Å². The second-order valence-electron chi connectivity index (χ2n) is 7.56. The molecule has 3 aromatic rings. The highest BCUT2D eigenvalue weighted by Gasteiger charge is 2.29. The summed E-state index contributed by atoms with van der Waals surface area (Å²) in [5.41, 5.74) is 5.30. The number of fused-ring (bicyclic) bond motifs is 1. The molecule has 3 rings (SSSR count). The lowest BCUT2D eigenvalue weighted by molar-refractivity contribution is -0.153. The van der Waals surface area contributed by atoms with E-state index in [4.69, 9.17) is 4.74 Å². The van der Waals surface area contributed by atoms with Crippen LogP contribution in [0.1, 0.15) is 27.9 Å². The third-order valence-corrected chi connectivity index (χ3v) is 4.72. The van der Waals surface area contributed by atoms with E-state index in [1.54, 1.807) is 18.5 Å². The highest BCUT2D eigenvalue weighted by molar-refractivity contribution is 5.78. The molecule has 0 saturated carbocycles. The highest BCUT2D eigenvalue weighted by atomic mass is 19.4. The molecule has 2 heterocycles. The first-order valence-electron chi connectivity index (χ1n) is 9.30. The second kappa shape index (κ2) is 8.02. The zero-order valence-electron chi connectivity index (χ0n) is 17.3. The van der Waals surface area contributed by atoms with Gasteiger partial charge >= 0.3 is 6.18 Å². The predicted octanol–water partition coefficient (Wildman–Crippen LogP) is 4.47. The molecule has 0 bridgehead atoms. The van der Waals surface area contributed by atoms with Gasteiger partial charge in [0.05, 0.1) is 5.69 Å². The lowest BCUT2D eigenvalue weighted by Crippen LogP contribution is -2.20. The fourth-order valence-electron chi connectivity index (χ4n) is 3.63. The number of hydrogen-bond acceptors (Lipinski definition) is 4. The zero-order valence-corrected chi connectivity index (χ0v) is 17.3. The standard InChI is InChI=1S/C21H25F3N4O/c1-13-6-16(7-14(2)19(13)29-12-21(22,23)24)10-27(4)11-17-8-18-15(3)26-28(5)20(18)25-9-17/h6-9H,10-12H2,1-5H3. The van der Waals surface area contributed by atoms with Gasteiger partial charge in [-0.15, -0.1) is 0 Å². The summed E-state index contributed by atoms with van der Waals surface area (Å²) in [5.74, 6) is 0.301. The van der Waals surface area contributed by atoms with E-state index in [9.17, 15) is 13.2 Å². The number of nitrogens with zero attached hydrogens (tertiary/aromatic N) is 4. The van der Waals surface area contributed by atoms with Crippen molar-refractivity contribution in [2.75, 3.05) is 13.7 Å². The van der Waals surface area contributed by atoms with Crippen LogP contribution in [0.15, 0.2) is 24.4 Å². The zero-order chi connectivity index (χ0) is 21.3.